The summed E-state index contributed by atoms with van der Waals surface area (Å²) in [6.45, 7) is 2.31. The van der Waals surface area contributed by atoms with E-state index in [1.165, 1.54) is 56.9 Å². The number of benzene rings is 1. The van der Waals surface area contributed by atoms with Crippen LogP contribution in [0, 0.1) is 0 Å². The van der Waals surface area contributed by atoms with Crippen molar-refractivity contribution in [3.8, 4) is 0 Å². The smallest absolute Gasteiger partial charge is 0.0558 e. The topological polar surface area (TPSA) is 23.5 Å². The number of rotatable bonds is 8. The predicted molar refractivity (Wildman–Crippen MR) is 84.9 cm³/mol. The van der Waals surface area contributed by atoms with Gasteiger partial charge in [0.1, 0.15) is 0 Å². The average Bonchev–Trinajstić information content (AvgIpc) is 2.52. The van der Waals surface area contributed by atoms with Gasteiger partial charge >= 0.3 is 0 Å². The van der Waals surface area contributed by atoms with E-state index in [0.717, 1.165) is 19.1 Å². The minimum Gasteiger partial charge on any atom is -0.395 e. The predicted octanol–water partition coefficient (Wildman–Crippen LogP) is 3.64. The number of unbranched alkanes of at least 4 members (excludes halogenated alkanes) is 1. The molecule has 20 heavy (non-hydrogen) atoms. The second-order valence-corrected chi connectivity index (χ2v) is 5.99. The van der Waals surface area contributed by atoms with Gasteiger partial charge in [0, 0.05) is 12.6 Å². The SMILES string of the molecule is OCCN(CCCCc1ccccc1)C1CCCCC1. The fourth-order valence-electron chi connectivity index (χ4n) is 3.34. The van der Waals surface area contributed by atoms with Gasteiger partial charge in [0.2, 0.25) is 0 Å². The highest BCUT2D eigenvalue weighted by Gasteiger charge is 2.19. The minimum atomic E-state index is 0.301. The Morgan fingerprint density at radius 3 is 2.40 bits per heavy atom. The molecule has 2 heteroatoms. The quantitative estimate of drug-likeness (QED) is 0.732. The van der Waals surface area contributed by atoms with Crippen LogP contribution in [0.15, 0.2) is 30.3 Å². The highest BCUT2D eigenvalue weighted by atomic mass is 16.3. The van der Waals surface area contributed by atoms with Crippen molar-refractivity contribution in [2.45, 2.75) is 57.4 Å². The molecule has 0 bridgehead atoms. The first-order valence-corrected chi connectivity index (χ1v) is 8.29. The molecule has 0 aliphatic heterocycles. The lowest BCUT2D eigenvalue weighted by atomic mass is 9.94. The zero-order valence-corrected chi connectivity index (χ0v) is 12.6. The molecule has 0 aromatic heterocycles. The number of hydrogen-bond donors (Lipinski definition) is 1. The van der Waals surface area contributed by atoms with Gasteiger partial charge in [-0.25, -0.2) is 0 Å². The van der Waals surface area contributed by atoms with E-state index in [4.69, 9.17) is 0 Å². The molecule has 1 aromatic carbocycles. The highest BCUT2D eigenvalue weighted by molar-refractivity contribution is 5.14. The van der Waals surface area contributed by atoms with Crippen molar-refractivity contribution in [2.24, 2.45) is 0 Å². The first-order chi connectivity index (χ1) is 9.90. The van der Waals surface area contributed by atoms with Gasteiger partial charge in [-0.2, -0.15) is 0 Å². The van der Waals surface area contributed by atoms with Gasteiger partial charge in [-0.15, -0.1) is 0 Å². The zero-order valence-electron chi connectivity index (χ0n) is 12.6. The normalized spacial score (nSPS) is 16.7. The van der Waals surface area contributed by atoms with E-state index in [2.05, 4.69) is 35.2 Å². The second kappa shape index (κ2) is 9.15. The van der Waals surface area contributed by atoms with Crippen molar-refractivity contribution in [1.29, 1.82) is 0 Å². The van der Waals surface area contributed by atoms with Crippen LogP contribution in [0.25, 0.3) is 0 Å². The minimum absolute atomic E-state index is 0.301. The monoisotopic (exact) mass is 275 g/mol. The van der Waals surface area contributed by atoms with Gasteiger partial charge in [-0.05, 0) is 44.2 Å². The van der Waals surface area contributed by atoms with Gasteiger partial charge in [-0.1, -0.05) is 49.6 Å². The van der Waals surface area contributed by atoms with Gasteiger partial charge in [-0.3, -0.25) is 4.90 Å². The van der Waals surface area contributed by atoms with E-state index in [1.54, 1.807) is 0 Å². The Bertz CT molecular complexity index is 346. The summed E-state index contributed by atoms with van der Waals surface area (Å²) in [6, 6.07) is 11.5. The van der Waals surface area contributed by atoms with Crippen LogP contribution in [0.2, 0.25) is 0 Å². The van der Waals surface area contributed by atoms with E-state index >= 15 is 0 Å². The van der Waals surface area contributed by atoms with Crippen LogP contribution in [0.4, 0.5) is 0 Å². The van der Waals surface area contributed by atoms with Crippen molar-refractivity contribution >= 4 is 0 Å². The molecule has 1 aliphatic carbocycles. The molecule has 1 N–H and O–H groups in total. The molecule has 0 amide bonds. The third kappa shape index (κ3) is 5.26. The van der Waals surface area contributed by atoms with Crippen LogP contribution in [0.3, 0.4) is 0 Å². The summed E-state index contributed by atoms with van der Waals surface area (Å²) in [7, 11) is 0. The van der Waals surface area contributed by atoms with Gasteiger partial charge < -0.3 is 5.11 Å². The Morgan fingerprint density at radius 2 is 1.70 bits per heavy atom. The number of aliphatic hydroxyl groups is 1. The van der Waals surface area contributed by atoms with E-state index < -0.39 is 0 Å². The molecule has 0 radical (unpaired) electrons. The zero-order chi connectivity index (χ0) is 14.0. The van der Waals surface area contributed by atoms with Crippen molar-refractivity contribution in [2.75, 3.05) is 19.7 Å². The maximum Gasteiger partial charge on any atom is 0.0558 e. The summed E-state index contributed by atoms with van der Waals surface area (Å²) in [4.78, 5) is 2.53. The van der Waals surface area contributed by atoms with Crippen molar-refractivity contribution in [3.05, 3.63) is 35.9 Å². The van der Waals surface area contributed by atoms with Crippen molar-refractivity contribution < 1.29 is 5.11 Å². The van der Waals surface area contributed by atoms with E-state index in [9.17, 15) is 5.11 Å². The van der Waals surface area contributed by atoms with E-state index in [1.807, 2.05) is 0 Å². The Kier molecular flexibility index (Phi) is 7.10. The maximum absolute atomic E-state index is 9.26. The van der Waals surface area contributed by atoms with E-state index in [-0.39, 0.29) is 0 Å². The molecular weight excluding hydrogens is 246 g/mol. The molecule has 0 unspecified atom stereocenters. The van der Waals surface area contributed by atoms with Crippen LogP contribution >= 0.6 is 0 Å². The Labute approximate surface area is 123 Å². The number of aryl methyl sites for hydroxylation is 1. The van der Waals surface area contributed by atoms with Crippen LogP contribution in [0.1, 0.15) is 50.5 Å². The van der Waals surface area contributed by atoms with E-state index in [0.29, 0.717) is 6.61 Å². The Morgan fingerprint density at radius 1 is 0.950 bits per heavy atom. The fraction of sp³-hybridized carbons (Fsp3) is 0.667. The maximum atomic E-state index is 9.26. The lowest BCUT2D eigenvalue weighted by Gasteiger charge is -2.34. The highest BCUT2D eigenvalue weighted by Crippen LogP contribution is 2.22. The molecule has 2 nitrogen and oxygen atoms in total. The standard InChI is InChI=1S/C18H29NO/c20-16-15-19(18-12-5-2-6-13-18)14-8-7-11-17-9-3-1-4-10-17/h1,3-4,9-10,18,20H,2,5-8,11-16H2. The van der Waals surface area contributed by atoms with Crippen LogP contribution < -0.4 is 0 Å². The van der Waals surface area contributed by atoms with Gasteiger partial charge in [0.25, 0.3) is 0 Å². The van der Waals surface area contributed by atoms with Gasteiger partial charge in [0.05, 0.1) is 6.61 Å². The number of aliphatic hydroxyl groups excluding tert-OH is 1. The lowest BCUT2D eigenvalue weighted by Crippen LogP contribution is -2.39. The average molecular weight is 275 g/mol. The lowest BCUT2D eigenvalue weighted by molar-refractivity contribution is 0.122. The third-order valence-electron chi connectivity index (χ3n) is 4.48. The summed E-state index contributed by atoms with van der Waals surface area (Å²) in [5.41, 5.74) is 1.44. The van der Waals surface area contributed by atoms with Crippen LogP contribution in [-0.4, -0.2) is 35.7 Å². The molecule has 1 aliphatic rings. The number of nitrogens with zero attached hydrogens (tertiary/aromatic N) is 1. The molecule has 0 heterocycles. The molecular formula is C18H29NO. The third-order valence-corrected chi connectivity index (χ3v) is 4.48. The molecule has 1 aromatic rings. The molecule has 0 saturated heterocycles. The van der Waals surface area contributed by atoms with Crippen molar-refractivity contribution in [1.82, 2.24) is 4.90 Å². The Balaban J connectivity index is 1.69. The summed E-state index contributed by atoms with van der Waals surface area (Å²) < 4.78 is 0. The molecule has 1 saturated carbocycles. The summed E-state index contributed by atoms with van der Waals surface area (Å²) >= 11 is 0. The number of hydrogen-bond acceptors (Lipinski definition) is 2. The van der Waals surface area contributed by atoms with Crippen LogP contribution in [0.5, 0.6) is 0 Å². The largest absolute Gasteiger partial charge is 0.395 e. The Hall–Kier alpha value is -0.860. The molecule has 0 atom stereocenters. The second-order valence-electron chi connectivity index (χ2n) is 5.99. The van der Waals surface area contributed by atoms with Crippen molar-refractivity contribution in [3.63, 3.8) is 0 Å². The first-order valence-electron chi connectivity index (χ1n) is 8.29. The van der Waals surface area contributed by atoms with Crippen LogP contribution in [-0.2, 0) is 6.42 Å². The molecule has 2 rings (SSSR count). The summed E-state index contributed by atoms with van der Waals surface area (Å²) in [5, 5.41) is 9.26. The molecule has 0 spiro atoms. The molecule has 112 valence electrons. The van der Waals surface area contributed by atoms with Gasteiger partial charge in [0.15, 0.2) is 0 Å². The first kappa shape index (κ1) is 15.5. The summed E-state index contributed by atoms with van der Waals surface area (Å²) in [5.74, 6) is 0. The molecule has 1 fully saturated rings. The summed E-state index contributed by atoms with van der Waals surface area (Å²) in [6.07, 6.45) is 10.5. The fourth-order valence-corrected chi connectivity index (χ4v) is 3.34.